The van der Waals surface area contributed by atoms with Gasteiger partial charge < -0.3 is 15.7 Å². The lowest BCUT2D eigenvalue weighted by atomic mass is 10.1. The number of nitrogens with two attached hydrogens (primary N) is 1. The molecule has 20 heavy (non-hydrogen) atoms. The summed E-state index contributed by atoms with van der Waals surface area (Å²) in [7, 11) is 0. The molecule has 9 heteroatoms. The summed E-state index contributed by atoms with van der Waals surface area (Å²) >= 11 is 2.12. The Labute approximate surface area is 128 Å². The zero-order chi connectivity index (χ0) is 14.3. The van der Waals surface area contributed by atoms with E-state index in [9.17, 15) is 4.79 Å². The molecule has 0 bridgehead atoms. The van der Waals surface area contributed by atoms with Gasteiger partial charge in [-0.2, -0.15) is 5.10 Å². The minimum Gasteiger partial charge on any atom is -0.465 e. The third-order valence-corrected chi connectivity index (χ3v) is 4.31. The maximum absolute atomic E-state index is 10.9. The largest absolute Gasteiger partial charge is 0.465 e. The molecule has 3 heterocycles. The number of rotatable bonds is 1. The number of nitrogens with zero attached hydrogens (tertiary/aromatic N) is 5. The minimum absolute atomic E-state index is 0.144. The van der Waals surface area contributed by atoms with E-state index in [0.717, 1.165) is 27.6 Å². The summed E-state index contributed by atoms with van der Waals surface area (Å²) in [5.74, 6) is 0.425. The Bertz CT molecular complexity index is 664. The fourth-order valence-electron chi connectivity index (χ4n) is 2.51. The number of aromatic nitrogens is 4. The molecule has 2 aromatic heterocycles. The molecular weight excluding hydrogens is 375 g/mol. The minimum atomic E-state index is -0.866. The van der Waals surface area contributed by atoms with Gasteiger partial charge in [0.15, 0.2) is 5.65 Å². The first-order valence-corrected chi connectivity index (χ1v) is 7.28. The average molecular weight is 388 g/mol. The number of nitrogen functional groups attached to an aromatic ring is 1. The molecule has 3 N–H and O–H groups in total. The number of halogens is 1. The van der Waals surface area contributed by atoms with Crippen LogP contribution in [0, 0.1) is 3.70 Å². The highest BCUT2D eigenvalue weighted by molar-refractivity contribution is 14.1. The van der Waals surface area contributed by atoms with E-state index in [1.807, 2.05) is 4.68 Å². The quantitative estimate of drug-likeness (QED) is 0.714. The Morgan fingerprint density at radius 2 is 2.10 bits per heavy atom. The normalized spacial score (nSPS) is 16.8. The second-order valence-corrected chi connectivity index (χ2v) is 5.72. The zero-order valence-electron chi connectivity index (χ0n) is 10.5. The van der Waals surface area contributed by atoms with Crippen LogP contribution in [-0.2, 0) is 0 Å². The number of piperidine rings is 1. The molecule has 0 atom stereocenters. The molecule has 0 aromatic carbocycles. The van der Waals surface area contributed by atoms with Gasteiger partial charge in [0, 0.05) is 13.1 Å². The van der Waals surface area contributed by atoms with Crippen molar-refractivity contribution in [3.8, 4) is 0 Å². The Kier molecular flexibility index (Phi) is 3.36. The molecule has 3 rings (SSSR count). The predicted octanol–water partition coefficient (Wildman–Crippen LogP) is 1.33. The number of anilines is 1. The molecule has 1 saturated heterocycles. The van der Waals surface area contributed by atoms with Crippen LogP contribution in [0.15, 0.2) is 6.33 Å². The molecule has 0 aliphatic carbocycles. The van der Waals surface area contributed by atoms with E-state index >= 15 is 0 Å². The van der Waals surface area contributed by atoms with E-state index in [-0.39, 0.29) is 6.04 Å². The van der Waals surface area contributed by atoms with Crippen molar-refractivity contribution < 1.29 is 9.90 Å². The van der Waals surface area contributed by atoms with Crippen LogP contribution in [0.5, 0.6) is 0 Å². The van der Waals surface area contributed by atoms with Gasteiger partial charge in [0.25, 0.3) is 0 Å². The van der Waals surface area contributed by atoms with Gasteiger partial charge in [-0.25, -0.2) is 19.4 Å². The molecule has 1 amide bonds. The highest BCUT2D eigenvalue weighted by Gasteiger charge is 2.26. The van der Waals surface area contributed by atoms with Gasteiger partial charge in [0.2, 0.25) is 0 Å². The second kappa shape index (κ2) is 5.04. The molecule has 0 radical (unpaired) electrons. The second-order valence-electron chi connectivity index (χ2n) is 4.69. The summed E-state index contributed by atoms with van der Waals surface area (Å²) in [5, 5.41) is 14.2. The first kappa shape index (κ1) is 13.3. The van der Waals surface area contributed by atoms with Crippen molar-refractivity contribution in [2.75, 3.05) is 18.8 Å². The van der Waals surface area contributed by atoms with Gasteiger partial charge in [0.1, 0.15) is 15.8 Å². The van der Waals surface area contributed by atoms with E-state index in [4.69, 9.17) is 10.8 Å². The number of likely N-dealkylation sites (tertiary alicyclic amines) is 1. The van der Waals surface area contributed by atoms with Crippen molar-refractivity contribution in [3.05, 3.63) is 10.0 Å². The van der Waals surface area contributed by atoms with E-state index in [0.29, 0.717) is 18.9 Å². The molecule has 0 spiro atoms. The van der Waals surface area contributed by atoms with E-state index in [1.54, 1.807) is 0 Å². The SMILES string of the molecule is Nc1ncnc2c1c(I)nn2C1CCN(C(=O)O)CC1. The fraction of sp³-hybridized carbons (Fsp3) is 0.455. The Morgan fingerprint density at radius 1 is 1.40 bits per heavy atom. The van der Waals surface area contributed by atoms with Crippen LogP contribution in [0.3, 0.4) is 0 Å². The number of fused-ring (bicyclic) bond motifs is 1. The first-order valence-electron chi connectivity index (χ1n) is 6.20. The Balaban J connectivity index is 1.92. The topological polar surface area (TPSA) is 110 Å². The van der Waals surface area contributed by atoms with E-state index < -0.39 is 6.09 Å². The fourth-order valence-corrected chi connectivity index (χ4v) is 3.26. The number of carboxylic acid groups (broad SMARTS) is 1. The van der Waals surface area contributed by atoms with E-state index in [2.05, 4.69) is 37.7 Å². The van der Waals surface area contributed by atoms with Crippen LogP contribution in [0.2, 0.25) is 0 Å². The van der Waals surface area contributed by atoms with Crippen molar-refractivity contribution in [1.29, 1.82) is 0 Å². The molecule has 0 unspecified atom stereocenters. The van der Waals surface area contributed by atoms with Crippen LogP contribution < -0.4 is 5.73 Å². The lowest BCUT2D eigenvalue weighted by Crippen LogP contribution is -2.38. The predicted molar refractivity (Wildman–Crippen MR) is 80.3 cm³/mol. The maximum Gasteiger partial charge on any atom is 0.407 e. The van der Waals surface area contributed by atoms with Crippen molar-refractivity contribution >= 4 is 45.5 Å². The highest BCUT2D eigenvalue weighted by Crippen LogP contribution is 2.29. The van der Waals surface area contributed by atoms with Crippen LogP contribution in [-0.4, -0.2) is 48.9 Å². The summed E-state index contributed by atoms with van der Waals surface area (Å²) in [6.07, 6.45) is 2.01. The van der Waals surface area contributed by atoms with Crippen LogP contribution in [0.4, 0.5) is 10.6 Å². The van der Waals surface area contributed by atoms with Gasteiger partial charge in [-0.1, -0.05) is 0 Å². The van der Waals surface area contributed by atoms with Crippen LogP contribution in [0.25, 0.3) is 11.0 Å². The average Bonchev–Trinajstić information content (AvgIpc) is 2.77. The van der Waals surface area contributed by atoms with Crippen LogP contribution >= 0.6 is 22.6 Å². The Hall–Kier alpha value is -1.65. The zero-order valence-corrected chi connectivity index (χ0v) is 12.7. The summed E-state index contributed by atoms with van der Waals surface area (Å²) in [6, 6.07) is 0.144. The smallest absolute Gasteiger partial charge is 0.407 e. The molecule has 1 aliphatic heterocycles. The van der Waals surface area contributed by atoms with Crippen LogP contribution in [0.1, 0.15) is 18.9 Å². The van der Waals surface area contributed by atoms with Crippen molar-refractivity contribution in [3.63, 3.8) is 0 Å². The first-order chi connectivity index (χ1) is 9.58. The van der Waals surface area contributed by atoms with Crippen molar-refractivity contribution in [2.24, 2.45) is 0 Å². The third kappa shape index (κ3) is 2.15. The summed E-state index contributed by atoms with van der Waals surface area (Å²) < 4.78 is 2.63. The van der Waals surface area contributed by atoms with E-state index in [1.165, 1.54) is 11.2 Å². The number of carbonyl (C=O) groups is 1. The van der Waals surface area contributed by atoms with Gasteiger partial charge >= 0.3 is 6.09 Å². The van der Waals surface area contributed by atoms with Crippen molar-refractivity contribution in [1.82, 2.24) is 24.6 Å². The van der Waals surface area contributed by atoms with Gasteiger partial charge in [0.05, 0.1) is 11.4 Å². The molecular formula is C11H13IN6O2. The Morgan fingerprint density at radius 3 is 2.75 bits per heavy atom. The maximum atomic E-state index is 10.9. The number of hydrogen-bond acceptors (Lipinski definition) is 5. The monoisotopic (exact) mass is 388 g/mol. The number of hydrogen-bond donors (Lipinski definition) is 2. The lowest BCUT2D eigenvalue weighted by Gasteiger charge is -2.30. The van der Waals surface area contributed by atoms with Gasteiger partial charge in [-0.15, -0.1) is 0 Å². The summed E-state index contributed by atoms with van der Waals surface area (Å²) in [6.45, 7) is 1.02. The number of amides is 1. The van der Waals surface area contributed by atoms with Crippen molar-refractivity contribution in [2.45, 2.75) is 18.9 Å². The molecule has 2 aromatic rings. The molecule has 8 nitrogen and oxygen atoms in total. The van der Waals surface area contributed by atoms with Gasteiger partial charge in [-0.3, -0.25) is 0 Å². The standard InChI is InChI=1S/C11H13IN6O2/c12-8-7-9(13)14-5-15-10(7)18(16-8)6-1-3-17(4-2-6)11(19)20/h5-6H,1-4H2,(H,19,20)(H2,13,14,15). The third-order valence-electron chi connectivity index (χ3n) is 3.56. The summed E-state index contributed by atoms with van der Waals surface area (Å²) in [5.41, 5.74) is 6.58. The highest BCUT2D eigenvalue weighted by atomic mass is 127. The van der Waals surface area contributed by atoms with Gasteiger partial charge in [-0.05, 0) is 35.4 Å². The lowest BCUT2D eigenvalue weighted by molar-refractivity contribution is 0.124. The molecule has 0 saturated carbocycles. The summed E-state index contributed by atoms with van der Waals surface area (Å²) in [4.78, 5) is 20.6. The molecule has 1 fully saturated rings. The molecule has 1 aliphatic rings. The molecule has 106 valence electrons.